The number of halogens is 1. The van der Waals surface area contributed by atoms with Crippen LogP contribution in [0.5, 0.6) is 0 Å². The number of esters is 1. The molecule has 0 saturated heterocycles. The summed E-state index contributed by atoms with van der Waals surface area (Å²) in [7, 11) is 1.25. The molecule has 0 aliphatic rings. The fourth-order valence-electron chi connectivity index (χ4n) is 2.12. The maximum Gasteiger partial charge on any atom is 0.337 e. The van der Waals surface area contributed by atoms with E-state index in [1.165, 1.54) is 7.11 Å². The number of hydrogen-bond acceptors (Lipinski definition) is 3. The second kappa shape index (κ2) is 7.07. The molecule has 0 aliphatic heterocycles. The lowest BCUT2D eigenvalue weighted by Crippen LogP contribution is -2.13. The minimum Gasteiger partial charge on any atom is -0.466 e. The van der Waals surface area contributed by atoms with Crippen molar-refractivity contribution in [3.8, 4) is 11.1 Å². The van der Waals surface area contributed by atoms with E-state index in [1.54, 1.807) is 12.1 Å². The monoisotopic (exact) mass is 302 g/mol. The predicted molar refractivity (Wildman–Crippen MR) is 82.8 cm³/mol. The van der Waals surface area contributed by atoms with E-state index < -0.39 is 12.1 Å². The molecular weight excluding hydrogens is 288 g/mol. The van der Waals surface area contributed by atoms with Crippen molar-refractivity contribution in [3.05, 3.63) is 71.3 Å². The van der Waals surface area contributed by atoms with Crippen molar-refractivity contribution in [2.45, 2.75) is 6.10 Å². The van der Waals surface area contributed by atoms with Gasteiger partial charge in [-0.2, -0.15) is 0 Å². The van der Waals surface area contributed by atoms with E-state index in [2.05, 4.69) is 4.74 Å². The van der Waals surface area contributed by atoms with Crippen molar-refractivity contribution >= 4 is 17.6 Å². The van der Waals surface area contributed by atoms with Gasteiger partial charge in [0.15, 0.2) is 0 Å². The number of hydrogen-bond donors (Lipinski definition) is 1. The van der Waals surface area contributed by atoms with Gasteiger partial charge >= 0.3 is 5.97 Å². The highest BCUT2D eigenvalue weighted by molar-refractivity contribution is 6.27. The number of rotatable bonds is 4. The zero-order chi connectivity index (χ0) is 15.2. The van der Waals surface area contributed by atoms with Crippen LogP contribution in [-0.2, 0) is 9.53 Å². The Hall–Kier alpha value is -2.10. The average molecular weight is 303 g/mol. The van der Waals surface area contributed by atoms with Crippen LogP contribution >= 0.6 is 11.6 Å². The Kier molecular flexibility index (Phi) is 5.14. The van der Waals surface area contributed by atoms with Crippen molar-refractivity contribution in [1.29, 1.82) is 0 Å². The van der Waals surface area contributed by atoms with E-state index in [-0.39, 0.29) is 5.57 Å². The molecule has 2 rings (SSSR count). The second-order valence-corrected chi connectivity index (χ2v) is 4.63. The van der Waals surface area contributed by atoms with Crippen LogP contribution in [0.2, 0.25) is 0 Å². The molecule has 1 unspecified atom stereocenters. The van der Waals surface area contributed by atoms with Gasteiger partial charge in [0.05, 0.1) is 12.7 Å². The summed E-state index contributed by atoms with van der Waals surface area (Å²) in [5, 5.41) is 10.5. The minimum atomic E-state index is -1.15. The highest BCUT2D eigenvalue weighted by atomic mass is 35.5. The predicted octanol–water partition coefficient (Wildman–Crippen LogP) is 3.68. The Morgan fingerprint density at radius 3 is 2.38 bits per heavy atom. The molecule has 3 nitrogen and oxygen atoms in total. The normalized spacial score (nSPS) is 12.8. The molecule has 0 aliphatic carbocycles. The van der Waals surface area contributed by atoms with Crippen molar-refractivity contribution in [3.63, 3.8) is 0 Å². The van der Waals surface area contributed by atoms with E-state index in [4.69, 9.17) is 11.6 Å². The lowest BCUT2D eigenvalue weighted by Gasteiger charge is -2.17. The highest BCUT2D eigenvalue weighted by Crippen LogP contribution is 2.32. The summed E-state index contributed by atoms with van der Waals surface area (Å²) in [6.45, 7) is 0. The zero-order valence-corrected chi connectivity index (χ0v) is 12.2. The fraction of sp³-hybridized carbons (Fsp3) is 0.118. The van der Waals surface area contributed by atoms with E-state index in [0.717, 1.165) is 16.7 Å². The van der Waals surface area contributed by atoms with Gasteiger partial charge in [0.1, 0.15) is 6.10 Å². The molecular formula is C17H15ClO3. The van der Waals surface area contributed by atoms with Crippen LogP contribution in [0, 0.1) is 0 Å². The molecule has 108 valence electrons. The van der Waals surface area contributed by atoms with E-state index in [1.807, 2.05) is 42.5 Å². The molecule has 4 heteroatoms. The molecule has 0 spiro atoms. The fourth-order valence-corrected chi connectivity index (χ4v) is 2.33. The van der Waals surface area contributed by atoms with Crippen molar-refractivity contribution in [2.24, 2.45) is 0 Å². The third-order valence-corrected chi connectivity index (χ3v) is 3.41. The van der Waals surface area contributed by atoms with Gasteiger partial charge in [0, 0.05) is 5.54 Å². The van der Waals surface area contributed by atoms with Crippen LogP contribution < -0.4 is 0 Å². The maximum atomic E-state index is 11.7. The Morgan fingerprint density at radius 2 is 1.76 bits per heavy atom. The minimum absolute atomic E-state index is 0.00236. The van der Waals surface area contributed by atoms with Gasteiger partial charge in [-0.3, -0.25) is 0 Å². The molecule has 21 heavy (non-hydrogen) atoms. The largest absolute Gasteiger partial charge is 0.466 e. The SMILES string of the molecule is COC(=O)/C(=C\Cl)C(O)c1ccccc1-c1ccccc1. The first-order chi connectivity index (χ1) is 10.2. The van der Waals surface area contributed by atoms with Crippen LogP contribution in [0.25, 0.3) is 11.1 Å². The molecule has 0 bridgehead atoms. The molecule has 0 aromatic heterocycles. The summed E-state index contributed by atoms with van der Waals surface area (Å²) in [5.41, 5.74) is 3.44. The number of benzene rings is 2. The second-order valence-electron chi connectivity index (χ2n) is 4.41. The first-order valence-corrected chi connectivity index (χ1v) is 6.83. The number of methoxy groups -OCH3 is 1. The van der Waals surface area contributed by atoms with Gasteiger partial charge in [-0.05, 0) is 16.7 Å². The third-order valence-electron chi connectivity index (χ3n) is 3.17. The first kappa shape index (κ1) is 15.3. The van der Waals surface area contributed by atoms with Crippen LogP contribution in [0.15, 0.2) is 65.7 Å². The van der Waals surface area contributed by atoms with E-state index in [9.17, 15) is 9.90 Å². The van der Waals surface area contributed by atoms with E-state index >= 15 is 0 Å². The summed E-state index contributed by atoms with van der Waals surface area (Å²) in [6, 6.07) is 16.9. The zero-order valence-electron chi connectivity index (χ0n) is 11.5. The van der Waals surface area contributed by atoms with Crippen LogP contribution in [0.3, 0.4) is 0 Å². The topological polar surface area (TPSA) is 46.5 Å². The molecule has 2 aromatic carbocycles. The van der Waals surface area contributed by atoms with Crippen molar-refractivity contribution in [2.75, 3.05) is 7.11 Å². The average Bonchev–Trinajstić information content (AvgIpc) is 2.56. The molecule has 1 N–H and O–H groups in total. The van der Waals surface area contributed by atoms with Crippen LogP contribution in [0.4, 0.5) is 0 Å². The summed E-state index contributed by atoms with van der Waals surface area (Å²) < 4.78 is 4.64. The quantitative estimate of drug-likeness (QED) is 0.692. The summed E-state index contributed by atoms with van der Waals surface area (Å²) in [4.78, 5) is 11.7. The molecule has 0 saturated carbocycles. The number of carbonyl (C=O) groups is 1. The Morgan fingerprint density at radius 1 is 1.14 bits per heavy atom. The molecule has 2 aromatic rings. The molecule has 0 radical (unpaired) electrons. The Labute approximate surface area is 128 Å². The molecule has 1 atom stereocenters. The van der Waals surface area contributed by atoms with Gasteiger partial charge in [-0.15, -0.1) is 0 Å². The molecule has 0 amide bonds. The van der Waals surface area contributed by atoms with Crippen LogP contribution in [0.1, 0.15) is 11.7 Å². The Balaban J connectivity index is 2.48. The smallest absolute Gasteiger partial charge is 0.337 e. The maximum absolute atomic E-state index is 11.7. The van der Waals surface area contributed by atoms with Crippen molar-refractivity contribution < 1.29 is 14.6 Å². The Bertz CT molecular complexity index is 650. The standard InChI is InChI=1S/C17H15ClO3/c1-21-17(20)15(11-18)16(19)14-10-6-5-9-13(14)12-7-3-2-4-8-12/h2-11,16,19H,1H3/b15-11-. The number of aliphatic hydroxyl groups is 1. The molecule has 0 fully saturated rings. The summed E-state index contributed by atoms with van der Waals surface area (Å²) in [5.74, 6) is -0.652. The van der Waals surface area contributed by atoms with Gasteiger partial charge in [0.2, 0.25) is 0 Å². The lowest BCUT2D eigenvalue weighted by molar-refractivity contribution is -0.137. The summed E-state index contributed by atoms with van der Waals surface area (Å²) >= 11 is 5.66. The number of aliphatic hydroxyl groups excluding tert-OH is 1. The number of ether oxygens (including phenoxy) is 1. The molecule has 0 heterocycles. The first-order valence-electron chi connectivity index (χ1n) is 6.40. The van der Waals surface area contributed by atoms with Gasteiger partial charge in [0.25, 0.3) is 0 Å². The van der Waals surface area contributed by atoms with Crippen molar-refractivity contribution in [1.82, 2.24) is 0 Å². The van der Waals surface area contributed by atoms with Gasteiger partial charge in [-0.1, -0.05) is 66.2 Å². The van der Waals surface area contributed by atoms with Gasteiger partial charge in [-0.25, -0.2) is 4.79 Å². The van der Waals surface area contributed by atoms with Gasteiger partial charge < -0.3 is 9.84 Å². The lowest BCUT2D eigenvalue weighted by atomic mass is 9.93. The van der Waals surface area contributed by atoms with E-state index in [0.29, 0.717) is 5.56 Å². The van der Waals surface area contributed by atoms with Crippen LogP contribution in [-0.4, -0.2) is 18.2 Å². The third kappa shape index (κ3) is 3.32. The number of carbonyl (C=O) groups excluding carboxylic acids is 1. The highest BCUT2D eigenvalue weighted by Gasteiger charge is 2.23. The summed E-state index contributed by atoms with van der Waals surface area (Å²) in [6.07, 6.45) is -1.15.